The van der Waals surface area contributed by atoms with E-state index in [1.807, 2.05) is 30.5 Å². The van der Waals surface area contributed by atoms with Crippen molar-refractivity contribution in [2.24, 2.45) is 5.92 Å². The fourth-order valence-corrected chi connectivity index (χ4v) is 9.24. The Labute approximate surface area is 315 Å². The van der Waals surface area contributed by atoms with E-state index in [9.17, 15) is 22.8 Å². The minimum atomic E-state index is -3.85. The minimum Gasteiger partial charge on any atom is -0.496 e. The maximum absolute atomic E-state index is 14.2. The summed E-state index contributed by atoms with van der Waals surface area (Å²) in [7, 11) is -0.528. The van der Waals surface area contributed by atoms with Crippen molar-refractivity contribution in [1.29, 1.82) is 0 Å². The summed E-state index contributed by atoms with van der Waals surface area (Å²) in [4.78, 5) is 54.6. The molecule has 3 aliphatic rings. The summed E-state index contributed by atoms with van der Waals surface area (Å²) in [6.45, 7) is 12.6. The number of unbranched alkanes of at least 4 members (excludes halogenated alkanes) is 2. The van der Waals surface area contributed by atoms with Crippen LogP contribution in [0.25, 0.3) is 21.6 Å². The van der Waals surface area contributed by atoms with E-state index in [-0.39, 0.29) is 31.3 Å². The van der Waals surface area contributed by atoms with E-state index in [1.165, 1.54) is 16.2 Å². The molecule has 2 saturated carbocycles. The van der Waals surface area contributed by atoms with Crippen LogP contribution in [0.2, 0.25) is 0 Å². The maximum Gasteiger partial charge on any atom is 0.320 e. The topological polar surface area (TPSA) is 160 Å². The average molecular weight is 767 g/mol. The number of hydrogen-bond donors (Lipinski definition) is 2. The molecule has 1 unspecified atom stereocenters. The first kappa shape index (κ1) is 38.5. The Kier molecular flexibility index (Phi) is 11.1. The number of thiazole rings is 1. The molecule has 3 fully saturated rings. The predicted octanol–water partition coefficient (Wildman–Crippen LogP) is 5.53. The molecule has 13 nitrogen and oxygen atoms in total. The van der Waals surface area contributed by atoms with Crippen LogP contribution in [-0.2, 0) is 19.6 Å². The second-order valence-electron chi connectivity index (χ2n) is 14.8. The van der Waals surface area contributed by atoms with Gasteiger partial charge in [-0.05, 0) is 50.7 Å². The molecule has 3 heterocycles. The van der Waals surface area contributed by atoms with Gasteiger partial charge in [-0.1, -0.05) is 39.7 Å². The van der Waals surface area contributed by atoms with Gasteiger partial charge in [-0.25, -0.2) is 23.2 Å². The summed E-state index contributed by atoms with van der Waals surface area (Å²) < 4.78 is 39.9. The quantitative estimate of drug-likeness (QED) is 0.150. The number of nitrogens with zero attached hydrogens (tertiary/aromatic N) is 4. The third-order valence-corrected chi connectivity index (χ3v) is 13.2. The second kappa shape index (κ2) is 15.2. The number of urea groups is 1. The predicted molar refractivity (Wildman–Crippen MR) is 205 cm³/mol. The van der Waals surface area contributed by atoms with E-state index in [4.69, 9.17) is 19.4 Å². The highest BCUT2D eigenvalue weighted by molar-refractivity contribution is 7.91. The molecular formula is C38H50N6O7S2. The van der Waals surface area contributed by atoms with Crippen molar-refractivity contribution in [2.75, 3.05) is 27.2 Å². The summed E-state index contributed by atoms with van der Waals surface area (Å²) >= 11 is 1.50. The number of pyridine rings is 1. The van der Waals surface area contributed by atoms with Crippen molar-refractivity contribution >= 4 is 50.1 Å². The molecule has 0 spiro atoms. The molecule has 2 aliphatic carbocycles. The highest BCUT2D eigenvalue weighted by atomic mass is 32.2. The Morgan fingerprint density at radius 2 is 1.94 bits per heavy atom. The average Bonchev–Trinajstić information content (AvgIpc) is 4.01. The summed E-state index contributed by atoms with van der Waals surface area (Å²) in [5, 5.41) is 5.76. The maximum atomic E-state index is 14.2. The van der Waals surface area contributed by atoms with Gasteiger partial charge in [-0.3, -0.25) is 14.3 Å². The van der Waals surface area contributed by atoms with E-state index < -0.39 is 50.7 Å². The first-order valence-corrected chi connectivity index (χ1v) is 20.8. The normalized spacial score (nSPS) is 22.5. The van der Waals surface area contributed by atoms with E-state index in [1.54, 1.807) is 25.1 Å². The lowest BCUT2D eigenvalue weighted by atomic mass is 10.1. The molecule has 1 aliphatic heterocycles. The first-order chi connectivity index (χ1) is 25.2. The number of sulfonamides is 1. The molecule has 15 heteroatoms. The lowest BCUT2D eigenvalue weighted by Gasteiger charge is -2.30. The zero-order valence-corrected chi connectivity index (χ0v) is 32.9. The van der Waals surface area contributed by atoms with Gasteiger partial charge in [0, 0.05) is 48.3 Å². The van der Waals surface area contributed by atoms with Crippen LogP contribution in [0.5, 0.6) is 11.5 Å². The van der Waals surface area contributed by atoms with Gasteiger partial charge in [0.05, 0.1) is 30.1 Å². The van der Waals surface area contributed by atoms with E-state index in [0.717, 1.165) is 40.9 Å². The number of fused-ring (bicyclic) bond motifs is 1. The first-order valence-electron chi connectivity index (χ1n) is 18.4. The number of ether oxygens (including phenoxy) is 2. The van der Waals surface area contributed by atoms with Gasteiger partial charge < -0.3 is 24.6 Å². The number of likely N-dealkylation sites (tertiary alicyclic amines) is 1. The number of methoxy groups -OCH3 is 1. The van der Waals surface area contributed by atoms with Crippen molar-refractivity contribution in [2.45, 2.75) is 101 Å². The molecule has 286 valence electrons. The van der Waals surface area contributed by atoms with Crippen LogP contribution in [-0.4, -0.2) is 96.2 Å². The minimum absolute atomic E-state index is 0.109. The molecule has 2 aromatic heterocycles. The number of carbonyl (C=O) groups is 3. The smallest absolute Gasteiger partial charge is 0.320 e. The van der Waals surface area contributed by atoms with Gasteiger partial charge in [-0.15, -0.1) is 17.9 Å². The zero-order chi connectivity index (χ0) is 38.2. The van der Waals surface area contributed by atoms with Crippen molar-refractivity contribution in [3.63, 3.8) is 0 Å². The summed E-state index contributed by atoms with van der Waals surface area (Å²) in [6, 6.07) is 4.28. The fraction of sp³-hybridized carbons (Fsp3) is 0.553. The number of aromatic nitrogens is 2. The van der Waals surface area contributed by atoms with Crippen LogP contribution in [0, 0.1) is 12.8 Å². The lowest BCUT2D eigenvalue weighted by Crippen LogP contribution is -2.57. The summed E-state index contributed by atoms with van der Waals surface area (Å²) in [5.74, 6) is -0.349. The SMILES string of the molecule is C=CC1C[C@]1(NC(=O)[C@@H]1C[C@@H](Oc2cc(-c3nc(C(C)C)cs3)nc3c(C)c(OC)ccc23)CN1C(=O)N(C)CCCCC)C(=O)NS(=O)(=O)C1CC1. The number of rotatable bonds is 15. The number of nitrogens with one attached hydrogen (secondary N) is 2. The third-order valence-electron chi connectivity index (χ3n) is 10.5. The molecule has 1 aromatic carbocycles. The Bertz CT molecular complexity index is 2010. The molecule has 3 aromatic rings. The standard InChI is InChI=1S/C38H50N6O7S2/c1-8-10-11-16-43(6)37(47)44-20-25(17-30(44)34(45)41-38(19-24(38)9-2)36(46)42-53(48,49)26-12-13-26)51-32-18-28(35-40-29(21-52-35)22(3)4)39-33-23(5)31(50-7)15-14-27(32)33/h9,14-15,18,21-22,24-26,30H,2,8,10-13,16-17,19-20H2,1,3-7H3,(H,41,45)(H,42,46)/t24?,25-,30+,38-/m1/s1. The van der Waals surface area contributed by atoms with Crippen molar-refractivity contribution in [1.82, 2.24) is 29.8 Å². The third kappa shape index (κ3) is 7.87. The van der Waals surface area contributed by atoms with Gasteiger partial charge in [0.25, 0.3) is 5.91 Å². The monoisotopic (exact) mass is 766 g/mol. The second-order valence-corrected chi connectivity index (χ2v) is 17.6. The van der Waals surface area contributed by atoms with Gasteiger partial charge in [-0.2, -0.15) is 0 Å². The Hall–Kier alpha value is -4.24. The van der Waals surface area contributed by atoms with Crippen molar-refractivity contribution < 1.29 is 32.3 Å². The molecule has 4 amide bonds. The van der Waals surface area contributed by atoms with Gasteiger partial charge in [0.15, 0.2) is 0 Å². The van der Waals surface area contributed by atoms with Gasteiger partial charge in [0.1, 0.15) is 39.9 Å². The largest absolute Gasteiger partial charge is 0.496 e. The highest BCUT2D eigenvalue weighted by Crippen LogP contribution is 2.46. The Morgan fingerprint density at radius 1 is 1.19 bits per heavy atom. The van der Waals surface area contributed by atoms with E-state index in [2.05, 4.69) is 37.4 Å². The molecule has 2 N–H and O–H groups in total. The van der Waals surface area contributed by atoms with Gasteiger partial charge in [0.2, 0.25) is 15.9 Å². The van der Waals surface area contributed by atoms with Crippen LogP contribution in [0.1, 0.15) is 82.9 Å². The lowest BCUT2D eigenvalue weighted by molar-refractivity contribution is -0.131. The molecule has 6 rings (SSSR count). The van der Waals surface area contributed by atoms with Crippen LogP contribution >= 0.6 is 11.3 Å². The highest BCUT2D eigenvalue weighted by Gasteiger charge is 2.62. The number of amides is 4. The number of benzene rings is 1. The number of hydrogen-bond acceptors (Lipinski definition) is 10. The Balaban J connectivity index is 1.31. The number of aryl methyl sites for hydroxylation is 1. The van der Waals surface area contributed by atoms with Crippen LogP contribution < -0.4 is 19.5 Å². The van der Waals surface area contributed by atoms with Crippen molar-refractivity contribution in [3.8, 4) is 22.2 Å². The van der Waals surface area contributed by atoms with Crippen LogP contribution in [0.15, 0.2) is 36.2 Å². The molecule has 0 bridgehead atoms. The molecule has 53 heavy (non-hydrogen) atoms. The molecular weight excluding hydrogens is 717 g/mol. The van der Waals surface area contributed by atoms with Crippen molar-refractivity contribution in [3.05, 3.63) is 47.5 Å². The fourth-order valence-electron chi connectivity index (χ4n) is 6.93. The molecule has 4 atom stereocenters. The van der Waals surface area contributed by atoms with E-state index in [0.29, 0.717) is 42.1 Å². The molecule has 1 saturated heterocycles. The Morgan fingerprint density at radius 3 is 2.57 bits per heavy atom. The van der Waals surface area contributed by atoms with Crippen LogP contribution in [0.4, 0.5) is 4.79 Å². The summed E-state index contributed by atoms with van der Waals surface area (Å²) in [5.41, 5.74) is 1.64. The zero-order valence-electron chi connectivity index (χ0n) is 31.3. The summed E-state index contributed by atoms with van der Waals surface area (Å²) in [6.07, 6.45) is 5.03. The van der Waals surface area contributed by atoms with Crippen LogP contribution in [0.3, 0.4) is 0 Å². The number of carbonyl (C=O) groups excluding carboxylic acids is 3. The van der Waals surface area contributed by atoms with E-state index >= 15 is 0 Å². The van der Waals surface area contributed by atoms with Gasteiger partial charge >= 0.3 is 6.03 Å². The molecule has 0 radical (unpaired) electrons.